The zero-order valence-electron chi connectivity index (χ0n) is 15.9. The molecule has 0 aliphatic carbocycles. The topological polar surface area (TPSA) is 105 Å². The summed E-state index contributed by atoms with van der Waals surface area (Å²) in [6.07, 6.45) is 0. The van der Waals surface area contributed by atoms with E-state index in [1.165, 1.54) is 0 Å². The maximum Gasteiger partial charge on any atom is 0.0701 e. The summed E-state index contributed by atoms with van der Waals surface area (Å²) in [5.41, 5.74) is 0. The lowest BCUT2D eigenvalue weighted by Gasteiger charge is -2.08. The second-order valence-corrected chi connectivity index (χ2v) is 4.73. The van der Waals surface area contributed by atoms with Gasteiger partial charge in [-0.1, -0.05) is 0 Å². The Morgan fingerprint density at radius 2 is 0.444 bits per heavy atom. The van der Waals surface area contributed by atoms with Gasteiger partial charge in [-0.15, -0.1) is 34.0 Å². The molecule has 0 aromatic heterocycles. The van der Waals surface area contributed by atoms with E-state index in [0.717, 1.165) is 0 Å². The fourth-order valence-electron chi connectivity index (χ4n) is 1.55. The first kappa shape index (κ1) is 32.3. The summed E-state index contributed by atoms with van der Waals surface area (Å²) >= 11 is 0. The molecule has 0 atom stereocenters. The molecule has 0 aliphatic rings. The maximum atomic E-state index is 8.50. The van der Waals surface area contributed by atoms with Crippen LogP contribution < -0.4 is 0 Å². The van der Waals surface area contributed by atoms with Gasteiger partial charge in [0.25, 0.3) is 0 Å². The third kappa shape index (κ3) is 31.5. The second-order valence-electron chi connectivity index (χ2n) is 4.73. The Labute approximate surface area is 183 Å². The molecule has 0 aromatic rings. The van der Waals surface area contributed by atoms with E-state index < -0.39 is 0 Å². The summed E-state index contributed by atoms with van der Waals surface area (Å²) in [6.45, 7) is 6.80. The second kappa shape index (κ2) is 31.3. The van der Waals surface area contributed by atoms with Crippen molar-refractivity contribution in [1.29, 1.82) is 0 Å². The molecule has 0 saturated heterocycles. The van der Waals surface area contributed by atoms with Crippen LogP contribution in [-0.2, 0) is 33.2 Å². The number of halogens is 2. The van der Waals surface area contributed by atoms with Crippen molar-refractivity contribution in [3.05, 3.63) is 0 Å². The Morgan fingerprint density at radius 3 is 0.593 bits per heavy atom. The number of aliphatic hydroxyl groups is 2. The highest BCUT2D eigenvalue weighted by molar-refractivity contribution is 8.93. The molecule has 27 heavy (non-hydrogen) atoms. The fraction of sp³-hybridized carbons (Fsp3) is 1.00. The van der Waals surface area contributed by atoms with Gasteiger partial charge < -0.3 is 43.4 Å². The van der Waals surface area contributed by atoms with Crippen molar-refractivity contribution in [2.24, 2.45) is 0 Å². The third-order valence-electron chi connectivity index (χ3n) is 2.70. The molecule has 0 aliphatic heterocycles. The Hall–Kier alpha value is 0.600. The molecule has 168 valence electrons. The minimum absolute atomic E-state index is 0. The molecule has 0 amide bonds. The van der Waals surface area contributed by atoms with Crippen LogP contribution in [0.5, 0.6) is 0 Å². The van der Waals surface area contributed by atoms with Crippen molar-refractivity contribution < 1.29 is 43.4 Å². The van der Waals surface area contributed by atoms with Crippen molar-refractivity contribution >= 4 is 34.0 Å². The van der Waals surface area contributed by atoms with Crippen LogP contribution in [-0.4, -0.2) is 116 Å². The lowest BCUT2D eigenvalue weighted by atomic mass is 10.6. The van der Waals surface area contributed by atoms with Crippen molar-refractivity contribution in [2.75, 3.05) is 106 Å². The predicted molar refractivity (Wildman–Crippen MR) is 111 cm³/mol. The number of aliphatic hydroxyl groups excluding tert-OH is 2. The quantitative estimate of drug-likeness (QED) is 0.190. The average Bonchev–Trinajstić information content (AvgIpc) is 2.63. The molecule has 0 heterocycles. The Kier molecular flexibility index (Phi) is 37.4. The molecular weight excluding hydrogens is 496 g/mol. The fourth-order valence-corrected chi connectivity index (χ4v) is 1.55. The van der Waals surface area contributed by atoms with Crippen molar-refractivity contribution in [3.63, 3.8) is 0 Å². The van der Waals surface area contributed by atoms with E-state index in [0.29, 0.717) is 92.5 Å². The highest BCUT2D eigenvalue weighted by Crippen LogP contribution is 1.85. The van der Waals surface area contributed by atoms with Crippen LogP contribution in [0.15, 0.2) is 0 Å². The van der Waals surface area contributed by atoms with Gasteiger partial charge in [-0.25, -0.2) is 0 Å². The van der Waals surface area contributed by atoms with Crippen LogP contribution in [0.2, 0.25) is 0 Å². The zero-order valence-corrected chi connectivity index (χ0v) is 19.3. The van der Waals surface area contributed by atoms with Crippen LogP contribution in [0, 0.1) is 0 Å². The average molecular weight is 532 g/mol. The summed E-state index contributed by atoms with van der Waals surface area (Å²) in [6, 6.07) is 0. The summed E-state index contributed by atoms with van der Waals surface area (Å²) in [5.74, 6) is 0. The number of rotatable bonds is 22. The van der Waals surface area contributed by atoms with Crippen molar-refractivity contribution in [3.8, 4) is 0 Å². The Morgan fingerprint density at radius 1 is 0.296 bits per heavy atom. The summed E-state index contributed by atoms with van der Waals surface area (Å²) < 4.78 is 36.7. The van der Waals surface area contributed by atoms with E-state index in [9.17, 15) is 0 Å². The van der Waals surface area contributed by atoms with Crippen LogP contribution in [0.3, 0.4) is 0 Å². The van der Waals surface area contributed by atoms with E-state index in [2.05, 4.69) is 0 Å². The van der Waals surface area contributed by atoms with Gasteiger partial charge in [0.15, 0.2) is 0 Å². The summed E-state index contributed by atoms with van der Waals surface area (Å²) in [4.78, 5) is 0. The zero-order chi connectivity index (χ0) is 18.3. The standard InChI is InChI=1S/C16H34O9.2BrH/c17-1-3-19-5-7-21-9-11-23-13-15-25-16-14-24-12-10-22-8-6-20-4-2-18;;/h17-18H,1-16H2;2*1H. The Bertz CT molecular complexity index is 220. The van der Waals surface area contributed by atoms with Crippen LogP contribution in [0.1, 0.15) is 0 Å². The Balaban J connectivity index is -0.00000288. The number of hydrogen-bond donors (Lipinski definition) is 2. The van der Waals surface area contributed by atoms with E-state index in [-0.39, 0.29) is 47.2 Å². The highest BCUT2D eigenvalue weighted by Gasteiger charge is 1.94. The normalized spacial score (nSPS) is 10.4. The first-order chi connectivity index (χ1) is 12.4. The molecule has 0 radical (unpaired) electrons. The molecule has 0 unspecified atom stereocenters. The summed E-state index contributed by atoms with van der Waals surface area (Å²) in [7, 11) is 0. The number of ether oxygens (including phenoxy) is 7. The van der Waals surface area contributed by atoms with Crippen LogP contribution >= 0.6 is 34.0 Å². The molecule has 0 fully saturated rings. The molecule has 11 heteroatoms. The molecule has 0 aromatic carbocycles. The van der Waals surface area contributed by atoms with Crippen molar-refractivity contribution in [2.45, 2.75) is 0 Å². The molecule has 9 nitrogen and oxygen atoms in total. The van der Waals surface area contributed by atoms with Gasteiger partial charge in [-0.2, -0.15) is 0 Å². The van der Waals surface area contributed by atoms with Crippen molar-refractivity contribution in [1.82, 2.24) is 0 Å². The first-order valence-corrected chi connectivity index (χ1v) is 8.67. The molecule has 0 saturated carbocycles. The number of hydrogen-bond acceptors (Lipinski definition) is 9. The van der Waals surface area contributed by atoms with Gasteiger partial charge in [0.1, 0.15) is 0 Å². The molecule has 0 spiro atoms. The van der Waals surface area contributed by atoms with E-state index in [4.69, 9.17) is 43.4 Å². The lowest BCUT2D eigenvalue weighted by molar-refractivity contribution is -0.0223. The van der Waals surface area contributed by atoms with Gasteiger partial charge >= 0.3 is 0 Å². The maximum absolute atomic E-state index is 8.50. The highest BCUT2D eigenvalue weighted by atomic mass is 79.9. The van der Waals surface area contributed by atoms with Gasteiger partial charge in [0, 0.05) is 0 Å². The SMILES string of the molecule is Br.Br.OCCOCCOCCOCCOCCOCCOCCOCCO. The molecule has 2 N–H and O–H groups in total. The monoisotopic (exact) mass is 530 g/mol. The predicted octanol–water partition coefficient (Wildman–Crippen LogP) is 0.243. The van der Waals surface area contributed by atoms with Gasteiger partial charge in [0.2, 0.25) is 0 Å². The van der Waals surface area contributed by atoms with Gasteiger partial charge in [-0.3, -0.25) is 0 Å². The van der Waals surface area contributed by atoms with Crippen LogP contribution in [0.4, 0.5) is 0 Å². The smallest absolute Gasteiger partial charge is 0.0701 e. The first-order valence-electron chi connectivity index (χ1n) is 8.67. The largest absolute Gasteiger partial charge is 0.394 e. The van der Waals surface area contributed by atoms with E-state index in [1.807, 2.05) is 0 Å². The van der Waals surface area contributed by atoms with E-state index >= 15 is 0 Å². The lowest BCUT2D eigenvalue weighted by Crippen LogP contribution is -2.14. The van der Waals surface area contributed by atoms with E-state index in [1.54, 1.807) is 0 Å². The minimum atomic E-state index is 0. The molecule has 0 rings (SSSR count). The van der Waals surface area contributed by atoms with Gasteiger partial charge in [0.05, 0.1) is 106 Å². The third-order valence-corrected chi connectivity index (χ3v) is 2.70. The minimum Gasteiger partial charge on any atom is -0.394 e. The van der Waals surface area contributed by atoms with Crippen LogP contribution in [0.25, 0.3) is 0 Å². The molecule has 0 bridgehead atoms. The van der Waals surface area contributed by atoms with Gasteiger partial charge in [-0.05, 0) is 0 Å². The molecular formula is C16H36Br2O9. The summed E-state index contributed by atoms with van der Waals surface area (Å²) in [5, 5.41) is 17.0.